The van der Waals surface area contributed by atoms with Crippen molar-refractivity contribution >= 4 is 38.9 Å². The van der Waals surface area contributed by atoms with Crippen LogP contribution < -0.4 is 10.6 Å². The van der Waals surface area contributed by atoms with Crippen LogP contribution in [0.4, 0.5) is 5.69 Å². The van der Waals surface area contributed by atoms with E-state index < -0.39 is 10.0 Å². The van der Waals surface area contributed by atoms with Crippen LogP contribution in [0.2, 0.25) is 0 Å². The summed E-state index contributed by atoms with van der Waals surface area (Å²) in [5, 5.41) is 6.17. The van der Waals surface area contributed by atoms with E-state index in [0.717, 1.165) is 19.3 Å². The van der Waals surface area contributed by atoms with E-state index in [9.17, 15) is 13.2 Å². The number of nitrogens with one attached hydrogen (secondary N) is 2. The molecule has 0 radical (unpaired) electrons. The van der Waals surface area contributed by atoms with Gasteiger partial charge in [0, 0.05) is 19.8 Å². The smallest absolute Gasteiger partial charge is 0.242 e. The first-order valence-electron chi connectivity index (χ1n) is 9.83. The van der Waals surface area contributed by atoms with Crippen LogP contribution in [0.25, 0.3) is 0 Å². The average Bonchev–Trinajstić information content (AvgIpc) is 2.60. The van der Waals surface area contributed by atoms with Gasteiger partial charge in [-0.1, -0.05) is 0 Å². The van der Waals surface area contributed by atoms with Gasteiger partial charge in [0.2, 0.25) is 15.9 Å². The molecule has 0 saturated heterocycles. The lowest BCUT2D eigenvalue weighted by Gasteiger charge is -2.55. The van der Waals surface area contributed by atoms with Gasteiger partial charge in [0.15, 0.2) is 5.11 Å². The summed E-state index contributed by atoms with van der Waals surface area (Å²) in [5.41, 5.74) is 0.401. The minimum atomic E-state index is -3.46. The highest BCUT2D eigenvalue weighted by Gasteiger charge is 2.54. The van der Waals surface area contributed by atoms with Crippen molar-refractivity contribution in [1.29, 1.82) is 0 Å². The van der Waals surface area contributed by atoms with E-state index in [1.54, 1.807) is 12.1 Å². The topological polar surface area (TPSA) is 78.5 Å². The number of hydrogen-bond acceptors (Lipinski definition) is 4. The first-order valence-corrected chi connectivity index (χ1v) is 11.7. The van der Waals surface area contributed by atoms with Crippen LogP contribution in [0.15, 0.2) is 29.2 Å². The van der Waals surface area contributed by atoms with Crippen LogP contribution in [0.5, 0.6) is 0 Å². The van der Waals surface area contributed by atoms with Gasteiger partial charge in [0.25, 0.3) is 0 Å². The van der Waals surface area contributed by atoms with Gasteiger partial charge in [-0.3, -0.25) is 4.79 Å². The lowest BCUT2D eigenvalue weighted by atomic mass is 9.49. The maximum atomic E-state index is 13.0. The zero-order chi connectivity index (χ0) is 20.1. The van der Waals surface area contributed by atoms with E-state index in [0.29, 0.717) is 23.4 Å². The Balaban J connectivity index is 1.39. The van der Waals surface area contributed by atoms with Crippen molar-refractivity contribution in [3.8, 4) is 0 Å². The van der Waals surface area contributed by atoms with Gasteiger partial charge >= 0.3 is 0 Å². The molecule has 6 nitrogen and oxygen atoms in total. The summed E-state index contributed by atoms with van der Waals surface area (Å²) in [7, 11) is -0.471. The Morgan fingerprint density at radius 2 is 1.54 bits per heavy atom. The Labute approximate surface area is 172 Å². The van der Waals surface area contributed by atoms with Crippen LogP contribution >= 0.6 is 12.2 Å². The minimum Gasteiger partial charge on any atom is -0.332 e. The van der Waals surface area contributed by atoms with Gasteiger partial charge in [-0.05, 0) is 92.8 Å². The quantitative estimate of drug-likeness (QED) is 0.731. The molecule has 1 aromatic rings. The number of sulfonamides is 1. The largest absolute Gasteiger partial charge is 0.332 e. The fourth-order valence-corrected chi connectivity index (χ4v) is 6.82. The van der Waals surface area contributed by atoms with Gasteiger partial charge in [0.1, 0.15) is 0 Å². The highest BCUT2D eigenvalue weighted by molar-refractivity contribution is 7.89. The van der Waals surface area contributed by atoms with Gasteiger partial charge in [-0.25, -0.2) is 12.7 Å². The van der Waals surface area contributed by atoms with Crippen LogP contribution in [0.1, 0.15) is 38.5 Å². The van der Waals surface area contributed by atoms with Crippen LogP contribution in [-0.2, 0) is 14.8 Å². The SMILES string of the molecule is CN(C)S(=O)(=O)c1ccc(NC(=S)NC(=O)C23CC4CC(CC(C4)C2)C3)cc1. The summed E-state index contributed by atoms with van der Waals surface area (Å²) in [6.07, 6.45) is 6.84. The molecule has 4 aliphatic rings. The lowest BCUT2D eigenvalue weighted by Crippen LogP contribution is -2.55. The van der Waals surface area contributed by atoms with Crippen LogP contribution in [-0.4, -0.2) is 37.8 Å². The Morgan fingerprint density at radius 3 is 2.00 bits per heavy atom. The average molecular weight is 422 g/mol. The van der Waals surface area contributed by atoms with E-state index in [1.807, 2.05) is 0 Å². The van der Waals surface area contributed by atoms with Crippen molar-refractivity contribution in [2.45, 2.75) is 43.4 Å². The molecule has 2 N–H and O–H groups in total. The van der Waals surface area contributed by atoms with Crippen LogP contribution in [0.3, 0.4) is 0 Å². The first-order chi connectivity index (χ1) is 13.2. The highest BCUT2D eigenvalue weighted by atomic mass is 32.2. The molecular weight excluding hydrogens is 394 g/mol. The number of thiocarbonyl (C=S) groups is 1. The highest BCUT2D eigenvalue weighted by Crippen LogP contribution is 2.60. The zero-order valence-corrected chi connectivity index (χ0v) is 17.9. The van der Waals surface area contributed by atoms with Crippen molar-refractivity contribution in [2.75, 3.05) is 19.4 Å². The molecule has 0 spiro atoms. The van der Waals surface area contributed by atoms with E-state index in [1.165, 1.54) is 49.8 Å². The molecule has 0 heterocycles. The molecular formula is C20H27N3O3S2. The van der Waals surface area contributed by atoms with Gasteiger partial charge in [0.05, 0.1) is 10.3 Å². The first kappa shape index (κ1) is 19.8. The Kier molecular flexibility index (Phi) is 5.00. The Hall–Kier alpha value is -1.51. The zero-order valence-electron chi connectivity index (χ0n) is 16.3. The number of carbonyl (C=O) groups is 1. The van der Waals surface area contributed by atoms with Crippen molar-refractivity contribution in [1.82, 2.24) is 9.62 Å². The summed E-state index contributed by atoms with van der Waals surface area (Å²) in [5.74, 6) is 2.15. The number of amides is 1. The second-order valence-corrected chi connectivity index (χ2v) is 11.5. The predicted molar refractivity (Wildman–Crippen MR) is 112 cm³/mol. The van der Waals surface area contributed by atoms with Gasteiger partial charge in [-0.2, -0.15) is 0 Å². The molecule has 4 aliphatic carbocycles. The second kappa shape index (κ2) is 7.07. The number of hydrogen-bond donors (Lipinski definition) is 2. The molecule has 0 unspecified atom stereocenters. The van der Waals surface area contributed by atoms with E-state index in [4.69, 9.17) is 12.2 Å². The molecule has 0 atom stereocenters. The summed E-state index contributed by atoms with van der Waals surface area (Å²) in [6.45, 7) is 0. The van der Waals surface area contributed by atoms with Crippen molar-refractivity contribution in [3.05, 3.63) is 24.3 Å². The number of nitrogens with zero attached hydrogens (tertiary/aromatic N) is 1. The minimum absolute atomic E-state index is 0.0518. The molecule has 1 aromatic carbocycles. The Bertz CT molecular complexity index is 858. The van der Waals surface area contributed by atoms with Crippen molar-refractivity contribution in [2.24, 2.45) is 23.2 Å². The summed E-state index contributed by atoms with van der Waals surface area (Å²) < 4.78 is 25.5. The molecule has 4 bridgehead atoms. The number of carbonyl (C=O) groups excluding carboxylic acids is 1. The molecule has 4 fully saturated rings. The Morgan fingerprint density at radius 1 is 1.04 bits per heavy atom. The fraction of sp³-hybridized carbons (Fsp3) is 0.600. The van der Waals surface area contributed by atoms with E-state index >= 15 is 0 Å². The normalized spacial score (nSPS) is 31.0. The third kappa shape index (κ3) is 3.57. The lowest BCUT2D eigenvalue weighted by molar-refractivity contribution is -0.144. The standard InChI is InChI=1S/C20H27N3O3S2/c1-23(2)28(25,26)17-5-3-16(4-6-17)21-19(27)22-18(24)20-10-13-7-14(11-20)9-15(8-13)12-20/h3-6,13-15H,7-12H2,1-2H3,(H2,21,22,24,27). The molecule has 8 heteroatoms. The van der Waals surface area contributed by atoms with Crippen molar-refractivity contribution in [3.63, 3.8) is 0 Å². The molecule has 5 rings (SSSR count). The molecule has 1 amide bonds. The van der Waals surface area contributed by atoms with E-state index in [-0.39, 0.29) is 21.3 Å². The molecule has 28 heavy (non-hydrogen) atoms. The van der Waals surface area contributed by atoms with Crippen LogP contribution in [0, 0.1) is 23.2 Å². The van der Waals surface area contributed by atoms with E-state index in [2.05, 4.69) is 10.6 Å². The summed E-state index contributed by atoms with van der Waals surface area (Å²) >= 11 is 5.35. The number of anilines is 1. The molecule has 4 saturated carbocycles. The number of benzene rings is 1. The molecule has 152 valence electrons. The summed E-state index contributed by atoms with van der Waals surface area (Å²) in [6, 6.07) is 6.36. The third-order valence-corrected chi connectivity index (χ3v) is 8.67. The number of rotatable bonds is 4. The third-order valence-electron chi connectivity index (χ3n) is 6.64. The maximum Gasteiger partial charge on any atom is 0.242 e. The van der Waals surface area contributed by atoms with Crippen molar-refractivity contribution < 1.29 is 13.2 Å². The van der Waals surface area contributed by atoms with Gasteiger partial charge in [-0.15, -0.1) is 0 Å². The molecule has 0 aliphatic heterocycles. The maximum absolute atomic E-state index is 13.0. The monoisotopic (exact) mass is 421 g/mol. The van der Waals surface area contributed by atoms with Gasteiger partial charge < -0.3 is 10.6 Å². The second-order valence-electron chi connectivity index (χ2n) is 8.92. The summed E-state index contributed by atoms with van der Waals surface area (Å²) in [4.78, 5) is 13.2. The fourth-order valence-electron chi connectivity index (χ4n) is 5.71. The predicted octanol–water partition coefficient (Wildman–Crippen LogP) is 2.97. The molecule has 0 aromatic heterocycles.